The SMILES string of the molecule is NS(=O)(=O)c1ccc(CN2C(=O)C(c3ccccc3)=C(N3CCCC(CO)C3)C2=O)cc1. The Hall–Kier alpha value is -3.01. The van der Waals surface area contributed by atoms with Crippen molar-refractivity contribution < 1.29 is 23.1 Å². The number of carbonyl (C=O) groups excluding carboxylic acids is 2. The van der Waals surface area contributed by atoms with Crippen molar-refractivity contribution in [1.82, 2.24) is 9.80 Å². The summed E-state index contributed by atoms with van der Waals surface area (Å²) in [5.74, 6) is -0.725. The molecule has 0 saturated carbocycles. The molecule has 4 rings (SSSR count). The van der Waals surface area contributed by atoms with E-state index in [1.807, 2.05) is 23.1 Å². The van der Waals surface area contributed by atoms with Crippen LogP contribution in [-0.2, 0) is 26.2 Å². The normalized spacial score (nSPS) is 19.8. The quantitative estimate of drug-likeness (QED) is 0.634. The number of aliphatic hydroxyl groups is 1. The van der Waals surface area contributed by atoms with E-state index >= 15 is 0 Å². The van der Waals surface area contributed by atoms with E-state index in [-0.39, 0.29) is 29.9 Å². The topological polar surface area (TPSA) is 121 Å². The van der Waals surface area contributed by atoms with Crippen LogP contribution in [0.25, 0.3) is 5.57 Å². The Balaban J connectivity index is 1.67. The van der Waals surface area contributed by atoms with E-state index in [1.54, 1.807) is 24.3 Å². The molecule has 1 fully saturated rings. The third-order valence-electron chi connectivity index (χ3n) is 5.89. The van der Waals surface area contributed by atoms with Crippen molar-refractivity contribution in [3.8, 4) is 0 Å². The van der Waals surface area contributed by atoms with Gasteiger partial charge >= 0.3 is 0 Å². The second-order valence-electron chi connectivity index (χ2n) is 8.11. The first-order chi connectivity index (χ1) is 15.3. The van der Waals surface area contributed by atoms with Crippen LogP contribution in [0.4, 0.5) is 0 Å². The first kappa shape index (κ1) is 22.2. The number of carbonyl (C=O) groups is 2. The first-order valence-electron chi connectivity index (χ1n) is 10.4. The Morgan fingerprint density at radius 1 is 1.00 bits per heavy atom. The highest BCUT2D eigenvalue weighted by Gasteiger charge is 2.42. The number of nitrogens with two attached hydrogens (primary N) is 1. The van der Waals surface area contributed by atoms with E-state index in [4.69, 9.17) is 5.14 Å². The molecule has 0 radical (unpaired) electrons. The average Bonchev–Trinajstić information content (AvgIpc) is 3.04. The minimum atomic E-state index is -3.83. The molecule has 9 heteroatoms. The van der Waals surface area contributed by atoms with Gasteiger partial charge in [-0.2, -0.15) is 0 Å². The summed E-state index contributed by atoms with van der Waals surface area (Å²) in [7, 11) is -3.83. The molecule has 0 spiro atoms. The summed E-state index contributed by atoms with van der Waals surface area (Å²) >= 11 is 0. The number of primary sulfonamides is 1. The second kappa shape index (κ2) is 8.85. The molecule has 2 aliphatic heterocycles. The Morgan fingerprint density at radius 3 is 2.31 bits per heavy atom. The molecule has 2 aliphatic rings. The van der Waals surface area contributed by atoms with Crippen LogP contribution >= 0.6 is 0 Å². The largest absolute Gasteiger partial charge is 0.396 e. The maximum atomic E-state index is 13.5. The first-order valence-corrected chi connectivity index (χ1v) is 12.0. The van der Waals surface area contributed by atoms with Crippen molar-refractivity contribution >= 4 is 27.4 Å². The Morgan fingerprint density at radius 2 is 1.69 bits per heavy atom. The molecule has 2 heterocycles. The van der Waals surface area contributed by atoms with Crippen molar-refractivity contribution in [2.45, 2.75) is 24.3 Å². The number of sulfonamides is 1. The standard InChI is InChI=1S/C23H25N3O5S/c24-32(30,31)19-10-8-16(9-11-19)14-26-22(28)20(18-6-2-1-3-7-18)21(23(26)29)25-12-4-5-17(13-25)15-27/h1-3,6-11,17,27H,4-5,12-15H2,(H2,24,30,31). The van der Waals surface area contributed by atoms with Gasteiger partial charge in [-0.15, -0.1) is 0 Å². The van der Waals surface area contributed by atoms with Crippen molar-refractivity contribution in [1.29, 1.82) is 0 Å². The summed E-state index contributed by atoms with van der Waals surface area (Å²) in [5, 5.41) is 14.8. The molecule has 0 aromatic heterocycles. The van der Waals surface area contributed by atoms with Gasteiger partial charge < -0.3 is 10.0 Å². The molecule has 1 atom stereocenters. The van der Waals surface area contributed by atoms with Gasteiger partial charge in [0.05, 0.1) is 17.0 Å². The fraction of sp³-hybridized carbons (Fsp3) is 0.304. The highest BCUT2D eigenvalue weighted by atomic mass is 32.2. The molecule has 2 aromatic carbocycles. The summed E-state index contributed by atoms with van der Waals surface area (Å²) in [6.45, 7) is 1.20. The molecule has 0 aliphatic carbocycles. The number of hydrogen-bond acceptors (Lipinski definition) is 6. The minimum absolute atomic E-state index is 0.0136. The zero-order chi connectivity index (χ0) is 22.9. The Kier molecular flexibility index (Phi) is 6.14. The summed E-state index contributed by atoms with van der Waals surface area (Å²) in [6, 6.07) is 14.9. The predicted molar refractivity (Wildman–Crippen MR) is 118 cm³/mol. The van der Waals surface area contributed by atoms with E-state index in [9.17, 15) is 23.1 Å². The lowest BCUT2D eigenvalue weighted by molar-refractivity contribution is -0.138. The smallest absolute Gasteiger partial charge is 0.278 e. The number of likely N-dealkylation sites (tertiary alicyclic amines) is 1. The number of benzene rings is 2. The molecule has 3 N–H and O–H groups in total. The van der Waals surface area contributed by atoms with E-state index in [0.717, 1.165) is 12.8 Å². The third kappa shape index (κ3) is 4.32. The van der Waals surface area contributed by atoms with Crippen LogP contribution in [0.15, 0.2) is 65.2 Å². The lowest BCUT2D eigenvalue weighted by atomic mass is 9.97. The fourth-order valence-electron chi connectivity index (χ4n) is 4.25. The summed E-state index contributed by atoms with van der Waals surface area (Å²) in [6.07, 6.45) is 1.70. The van der Waals surface area contributed by atoms with Crippen LogP contribution in [0.5, 0.6) is 0 Å². The molecule has 2 aromatic rings. The second-order valence-corrected chi connectivity index (χ2v) is 9.67. The molecule has 1 saturated heterocycles. The summed E-state index contributed by atoms with van der Waals surface area (Å²) in [5.41, 5.74) is 1.99. The van der Waals surface area contributed by atoms with Crippen molar-refractivity contribution in [3.63, 3.8) is 0 Å². The van der Waals surface area contributed by atoms with E-state index < -0.39 is 15.9 Å². The molecular weight excluding hydrogens is 430 g/mol. The number of imide groups is 1. The Labute approximate surface area is 187 Å². The summed E-state index contributed by atoms with van der Waals surface area (Å²) < 4.78 is 23.0. The molecule has 2 amide bonds. The maximum Gasteiger partial charge on any atom is 0.278 e. The van der Waals surface area contributed by atoms with Crippen LogP contribution in [0.1, 0.15) is 24.0 Å². The highest BCUT2D eigenvalue weighted by molar-refractivity contribution is 7.89. The number of amides is 2. The molecular formula is C23H25N3O5S. The van der Waals surface area contributed by atoms with Gasteiger partial charge in [0.15, 0.2) is 0 Å². The number of nitrogens with zero attached hydrogens (tertiary/aromatic N) is 2. The van der Waals surface area contributed by atoms with Gasteiger partial charge in [0.2, 0.25) is 10.0 Å². The van der Waals surface area contributed by atoms with Gasteiger partial charge in [-0.25, -0.2) is 13.6 Å². The van der Waals surface area contributed by atoms with Crippen LogP contribution in [-0.4, -0.2) is 54.8 Å². The van der Waals surface area contributed by atoms with Crippen LogP contribution in [0, 0.1) is 5.92 Å². The monoisotopic (exact) mass is 455 g/mol. The zero-order valence-corrected chi connectivity index (χ0v) is 18.3. The van der Waals surface area contributed by atoms with E-state index in [1.165, 1.54) is 17.0 Å². The maximum absolute atomic E-state index is 13.5. The lowest BCUT2D eigenvalue weighted by Crippen LogP contribution is -2.40. The number of piperidine rings is 1. The van der Waals surface area contributed by atoms with E-state index in [0.29, 0.717) is 35.5 Å². The molecule has 168 valence electrons. The highest BCUT2D eigenvalue weighted by Crippen LogP contribution is 2.34. The summed E-state index contributed by atoms with van der Waals surface area (Å²) in [4.78, 5) is 29.9. The molecule has 1 unspecified atom stereocenters. The molecule has 0 bridgehead atoms. The number of aliphatic hydroxyl groups excluding tert-OH is 1. The van der Waals surface area contributed by atoms with Gasteiger partial charge in [-0.3, -0.25) is 14.5 Å². The molecule has 8 nitrogen and oxygen atoms in total. The fourth-order valence-corrected chi connectivity index (χ4v) is 4.76. The van der Waals surface area contributed by atoms with Gasteiger partial charge in [0.25, 0.3) is 11.8 Å². The van der Waals surface area contributed by atoms with Gasteiger partial charge in [-0.1, -0.05) is 42.5 Å². The van der Waals surface area contributed by atoms with Gasteiger partial charge in [0, 0.05) is 19.7 Å². The van der Waals surface area contributed by atoms with Crippen molar-refractivity contribution in [2.75, 3.05) is 19.7 Å². The van der Waals surface area contributed by atoms with Crippen molar-refractivity contribution in [2.24, 2.45) is 11.1 Å². The van der Waals surface area contributed by atoms with E-state index in [2.05, 4.69) is 0 Å². The van der Waals surface area contributed by atoms with Gasteiger partial charge in [0.1, 0.15) is 5.70 Å². The molecule has 32 heavy (non-hydrogen) atoms. The average molecular weight is 456 g/mol. The predicted octanol–water partition coefficient (Wildman–Crippen LogP) is 1.32. The Bertz CT molecular complexity index is 1160. The number of rotatable bonds is 6. The lowest BCUT2D eigenvalue weighted by Gasteiger charge is -2.34. The third-order valence-corrected chi connectivity index (χ3v) is 6.82. The zero-order valence-electron chi connectivity index (χ0n) is 17.5. The van der Waals surface area contributed by atoms with Gasteiger partial charge in [-0.05, 0) is 42.0 Å². The van der Waals surface area contributed by atoms with Crippen LogP contribution < -0.4 is 5.14 Å². The van der Waals surface area contributed by atoms with Crippen LogP contribution in [0.3, 0.4) is 0 Å². The van der Waals surface area contributed by atoms with Crippen LogP contribution in [0.2, 0.25) is 0 Å². The van der Waals surface area contributed by atoms with Crippen molar-refractivity contribution in [3.05, 3.63) is 71.4 Å². The minimum Gasteiger partial charge on any atom is -0.396 e. The number of hydrogen-bond donors (Lipinski definition) is 2.